The van der Waals surface area contributed by atoms with Gasteiger partial charge in [-0.15, -0.1) is 0 Å². The Labute approximate surface area is 219 Å². The number of benzene rings is 1. The SMILES string of the molecule is O=C(NC1CCC(F)(F)CC1)C(c1cccnc1)N(C(=O)C1COCCN1)c1ccc(S(F)(F)(F)(F)F)cc1. The molecule has 2 heterocycles. The highest BCUT2D eigenvalue weighted by molar-refractivity contribution is 8.45. The Bertz CT molecular complexity index is 1190. The van der Waals surface area contributed by atoms with Crippen molar-refractivity contribution >= 4 is 27.7 Å². The number of morpholine rings is 1. The molecule has 1 aromatic carbocycles. The first-order valence-electron chi connectivity index (χ1n) is 12.1. The highest BCUT2D eigenvalue weighted by Crippen LogP contribution is 3.02. The van der Waals surface area contributed by atoms with Crippen LogP contribution in [0.1, 0.15) is 37.3 Å². The normalized spacial score (nSPS) is 22.7. The van der Waals surface area contributed by atoms with Crippen molar-refractivity contribution in [2.45, 2.75) is 54.6 Å². The van der Waals surface area contributed by atoms with Crippen LogP contribution in [0.4, 0.5) is 33.9 Å². The summed E-state index contributed by atoms with van der Waals surface area (Å²) in [5.74, 6) is -4.42. The van der Waals surface area contributed by atoms with Crippen molar-refractivity contribution in [3.63, 3.8) is 0 Å². The van der Waals surface area contributed by atoms with Crippen molar-refractivity contribution in [3.8, 4) is 0 Å². The van der Waals surface area contributed by atoms with Crippen LogP contribution in [0.2, 0.25) is 0 Å². The largest absolute Gasteiger partial charge is 0.378 e. The standard InChI is InChI=1S/C24H27F7N4O3S/c25-24(26)9-7-17(8-10-24)34-22(36)21(16-2-1-11-32-14-16)35(23(37)20-15-38-13-12-33-20)18-3-5-19(6-4-18)39(27,28,29,30)31/h1-6,11,14,17,20-21,33H,7-10,12-13,15H2,(H,34,36). The van der Waals surface area contributed by atoms with Gasteiger partial charge in [-0.1, -0.05) is 25.5 Å². The number of carbonyl (C=O) groups is 2. The van der Waals surface area contributed by atoms with Gasteiger partial charge in [-0.2, -0.15) is 0 Å². The number of hydrogen-bond donors (Lipinski definition) is 2. The minimum absolute atomic E-state index is 0.0247. The first kappa shape index (κ1) is 29.1. The zero-order valence-corrected chi connectivity index (χ0v) is 21.3. The Morgan fingerprint density at radius 2 is 1.74 bits per heavy atom. The van der Waals surface area contributed by atoms with Gasteiger partial charge in [-0.25, -0.2) is 8.78 Å². The Morgan fingerprint density at radius 1 is 1.08 bits per heavy atom. The molecule has 2 amide bonds. The lowest BCUT2D eigenvalue weighted by Gasteiger charge is -2.41. The third-order valence-corrected chi connectivity index (χ3v) is 7.75. The number of pyridine rings is 1. The van der Waals surface area contributed by atoms with Gasteiger partial charge in [-0.05, 0) is 43.2 Å². The van der Waals surface area contributed by atoms with Crippen molar-refractivity contribution in [1.82, 2.24) is 15.6 Å². The number of halogens is 7. The minimum atomic E-state index is -10.0. The monoisotopic (exact) mass is 584 g/mol. The lowest BCUT2D eigenvalue weighted by atomic mass is 9.91. The summed E-state index contributed by atoms with van der Waals surface area (Å²) in [6, 6.07) is 1.46. The average Bonchev–Trinajstić information content (AvgIpc) is 2.88. The smallest absolute Gasteiger partial charge is 0.310 e. The van der Waals surface area contributed by atoms with E-state index in [1.54, 1.807) is 0 Å². The molecule has 1 saturated carbocycles. The number of alkyl halides is 2. The molecule has 216 valence electrons. The Kier molecular flexibility index (Phi) is 7.40. The van der Waals surface area contributed by atoms with Gasteiger partial charge in [0.1, 0.15) is 17.0 Å². The molecule has 15 heteroatoms. The van der Waals surface area contributed by atoms with E-state index >= 15 is 0 Å². The molecule has 2 fully saturated rings. The molecule has 0 bridgehead atoms. The number of ether oxygens (including phenoxy) is 1. The Morgan fingerprint density at radius 3 is 2.28 bits per heavy atom. The highest BCUT2D eigenvalue weighted by Gasteiger charge is 2.65. The van der Waals surface area contributed by atoms with E-state index in [-0.39, 0.29) is 49.4 Å². The number of carbonyl (C=O) groups excluding carboxylic acids is 2. The summed E-state index contributed by atoms with van der Waals surface area (Å²) in [4.78, 5) is 30.1. The third kappa shape index (κ3) is 7.19. The van der Waals surface area contributed by atoms with Gasteiger partial charge < -0.3 is 15.4 Å². The summed E-state index contributed by atoms with van der Waals surface area (Å²) in [7, 11) is -10.0. The first-order chi connectivity index (χ1) is 18.0. The molecule has 39 heavy (non-hydrogen) atoms. The maximum absolute atomic E-state index is 13.7. The summed E-state index contributed by atoms with van der Waals surface area (Å²) >= 11 is 0. The van der Waals surface area contributed by atoms with Crippen molar-refractivity contribution in [3.05, 3.63) is 54.4 Å². The van der Waals surface area contributed by atoms with Crippen LogP contribution in [0.25, 0.3) is 0 Å². The molecule has 4 rings (SSSR count). The van der Waals surface area contributed by atoms with Gasteiger partial charge in [0.05, 0.1) is 13.2 Å². The fourth-order valence-electron chi connectivity index (χ4n) is 4.58. The number of amides is 2. The van der Waals surface area contributed by atoms with Gasteiger partial charge in [0, 0.05) is 49.1 Å². The van der Waals surface area contributed by atoms with Crippen molar-refractivity contribution in [2.75, 3.05) is 24.7 Å². The molecule has 1 aromatic heterocycles. The average molecular weight is 585 g/mol. The van der Waals surface area contributed by atoms with Crippen LogP contribution in [0, 0.1) is 0 Å². The molecule has 0 spiro atoms. The van der Waals surface area contributed by atoms with E-state index in [0.717, 1.165) is 4.90 Å². The molecule has 1 saturated heterocycles. The lowest BCUT2D eigenvalue weighted by Crippen LogP contribution is -2.56. The summed E-state index contributed by atoms with van der Waals surface area (Å²) in [6.45, 7) is 0.451. The molecule has 1 aliphatic heterocycles. The van der Waals surface area contributed by atoms with E-state index in [9.17, 15) is 37.8 Å². The highest BCUT2D eigenvalue weighted by atomic mass is 32.5. The van der Waals surface area contributed by atoms with Gasteiger partial charge in [-0.3, -0.25) is 19.5 Å². The van der Waals surface area contributed by atoms with Crippen LogP contribution < -0.4 is 15.5 Å². The van der Waals surface area contributed by atoms with Crippen LogP contribution in [0.3, 0.4) is 0 Å². The number of nitrogens with zero attached hydrogens (tertiary/aromatic N) is 2. The molecule has 2 N–H and O–H groups in total. The van der Waals surface area contributed by atoms with E-state index in [4.69, 9.17) is 4.74 Å². The molecule has 1 aliphatic carbocycles. The summed E-state index contributed by atoms with van der Waals surface area (Å²) in [5, 5.41) is 5.58. The molecule has 7 nitrogen and oxygen atoms in total. The second-order valence-corrected chi connectivity index (χ2v) is 12.0. The molecule has 0 radical (unpaired) electrons. The summed E-state index contributed by atoms with van der Waals surface area (Å²) < 4.78 is 99.4. The molecule has 2 unspecified atom stereocenters. The number of nitrogens with one attached hydrogen (secondary N) is 2. The maximum Gasteiger partial charge on any atom is 0.310 e. The molecule has 2 aromatic rings. The summed E-state index contributed by atoms with van der Waals surface area (Å²) in [5.41, 5.74) is -0.102. The van der Waals surface area contributed by atoms with Crippen LogP contribution in [-0.4, -0.2) is 54.6 Å². The summed E-state index contributed by atoms with van der Waals surface area (Å²) in [6.07, 6.45) is 1.72. The Balaban J connectivity index is 1.75. The van der Waals surface area contributed by atoms with Crippen LogP contribution in [-0.2, 0) is 14.3 Å². The maximum atomic E-state index is 13.7. The van der Waals surface area contributed by atoms with Gasteiger partial charge >= 0.3 is 10.2 Å². The van der Waals surface area contributed by atoms with E-state index in [1.165, 1.54) is 24.5 Å². The number of aromatic nitrogens is 1. The minimum Gasteiger partial charge on any atom is -0.378 e. The molecular formula is C24H27F7N4O3S. The molecular weight excluding hydrogens is 557 g/mol. The van der Waals surface area contributed by atoms with Gasteiger partial charge in [0.2, 0.25) is 17.7 Å². The predicted molar refractivity (Wildman–Crippen MR) is 130 cm³/mol. The topological polar surface area (TPSA) is 83.6 Å². The molecule has 2 atom stereocenters. The van der Waals surface area contributed by atoms with E-state index < -0.39 is 63.8 Å². The van der Waals surface area contributed by atoms with E-state index in [2.05, 4.69) is 15.6 Å². The third-order valence-electron chi connectivity index (χ3n) is 6.59. The van der Waals surface area contributed by atoms with Crippen molar-refractivity contribution in [1.29, 1.82) is 0 Å². The second-order valence-electron chi connectivity index (χ2n) is 9.58. The van der Waals surface area contributed by atoms with Crippen molar-refractivity contribution in [2.24, 2.45) is 0 Å². The van der Waals surface area contributed by atoms with Crippen LogP contribution >= 0.6 is 10.2 Å². The van der Waals surface area contributed by atoms with Gasteiger partial charge in [0.25, 0.3) is 0 Å². The number of rotatable bonds is 7. The fourth-order valence-corrected chi connectivity index (χ4v) is 5.23. The second kappa shape index (κ2) is 9.93. The van der Waals surface area contributed by atoms with E-state index in [1.807, 2.05) is 0 Å². The van der Waals surface area contributed by atoms with Crippen molar-refractivity contribution < 1.29 is 42.5 Å². The first-order valence-corrected chi connectivity index (χ1v) is 14.1. The fraction of sp³-hybridized carbons (Fsp3) is 0.458. The van der Waals surface area contributed by atoms with E-state index in [0.29, 0.717) is 18.7 Å². The zero-order valence-electron chi connectivity index (χ0n) is 20.5. The predicted octanol–water partition coefficient (Wildman–Crippen LogP) is 5.50. The lowest BCUT2D eigenvalue weighted by molar-refractivity contribution is -0.129. The van der Waals surface area contributed by atoms with Gasteiger partial charge in [0.15, 0.2) is 0 Å². The number of anilines is 1. The molecule has 2 aliphatic rings. The number of hydrogen-bond acceptors (Lipinski definition) is 5. The Hall–Kier alpha value is -2.91. The quantitative estimate of drug-likeness (QED) is 0.421. The van der Waals surface area contributed by atoms with Crippen LogP contribution in [0.5, 0.6) is 0 Å². The zero-order chi connectivity index (χ0) is 28.5. The van der Waals surface area contributed by atoms with Crippen LogP contribution in [0.15, 0.2) is 53.7 Å².